The van der Waals surface area contributed by atoms with Crippen molar-refractivity contribution in [1.29, 1.82) is 0 Å². The van der Waals surface area contributed by atoms with Gasteiger partial charge in [-0.1, -0.05) is 90.2 Å². The quantitative estimate of drug-likeness (QED) is 0.454. The molecule has 30 heavy (non-hydrogen) atoms. The number of nitrogens with zero attached hydrogens (tertiary/aromatic N) is 1. The van der Waals surface area contributed by atoms with E-state index in [2.05, 4.69) is 31.3 Å². The number of rotatable bonds is 7. The molecule has 2 aromatic rings. The highest BCUT2D eigenvalue weighted by molar-refractivity contribution is 6.95. The second-order valence-electron chi connectivity index (χ2n) is 8.93. The van der Waals surface area contributed by atoms with Gasteiger partial charge in [0.05, 0.1) is 6.54 Å². The van der Waals surface area contributed by atoms with Crippen molar-refractivity contribution in [1.82, 2.24) is 4.90 Å². The smallest absolute Gasteiger partial charge is 0.410 e. The minimum Gasteiger partial charge on any atom is -0.444 e. The number of carbonyl (C=O) groups is 2. The molecule has 0 aliphatic heterocycles. The normalized spacial score (nSPS) is 12.4. The first-order valence-corrected chi connectivity index (χ1v) is 13.3. The van der Waals surface area contributed by atoms with Gasteiger partial charge in [0.25, 0.3) is 0 Å². The molecule has 0 spiro atoms. The van der Waals surface area contributed by atoms with E-state index in [4.69, 9.17) is 4.74 Å². The first-order valence-electron chi connectivity index (χ1n) is 10.3. The van der Waals surface area contributed by atoms with Crippen LogP contribution in [0.15, 0.2) is 71.9 Å². The lowest BCUT2D eigenvalue weighted by atomic mass is 10.1. The van der Waals surface area contributed by atoms with E-state index < -0.39 is 19.8 Å². The van der Waals surface area contributed by atoms with Crippen molar-refractivity contribution >= 4 is 25.1 Å². The summed E-state index contributed by atoms with van der Waals surface area (Å²) in [5.74, 6) is -0.101. The van der Waals surface area contributed by atoms with Crippen LogP contribution in [0.5, 0.6) is 0 Å². The molecule has 0 atom stereocenters. The molecule has 0 unspecified atom stereocenters. The number of benzene rings is 2. The Labute approximate surface area is 181 Å². The van der Waals surface area contributed by atoms with Crippen molar-refractivity contribution < 1.29 is 14.3 Å². The summed E-state index contributed by atoms with van der Waals surface area (Å²) in [7, 11) is -2.01. The Morgan fingerprint density at radius 1 is 0.933 bits per heavy atom. The summed E-state index contributed by atoms with van der Waals surface area (Å²) in [5.41, 5.74) is -0.0409. The van der Waals surface area contributed by atoms with E-state index in [-0.39, 0.29) is 12.3 Å². The van der Waals surface area contributed by atoms with Crippen LogP contribution >= 0.6 is 0 Å². The first kappa shape index (κ1) is 23.6. The van der Waals surface area contributed by atoms with Crippen LogP contribution in [0.4, 0.5) is 4.79 Å². The minimum atomic E-state index is -2.01. The van der Waals surface area contributed by atoms with E-state index in [0.29, 0.717) is 12.1 Å². The number of hydrogen-bond donors (Lipinski definition) is 0. The van der Waals surface area contributed by atoms with Crippen molar-refractivity contribution in [2.24, 2.45) is 0 Å². The topological polar surface area (TPSA) is 46.6 Å². The van der Waals surface area contributed by atoms with Crippen LogP contribution in [0, 0.1) is 0 Å². The van der Waals surface area contributed by atoms with Gasteiger partial charge in [-0.15, -0.1) is 0 Å². The van der Waals surface area contributed by atoms with Gasteiger partial charge in [-0.25, -0.2) is 4.79 Å². The number of allylic oxidation sites excluding steroid dienone is 1. The molecule has 4 nitrogen and oxygen atoms in total. The third kappa shape index (κ3) is 6.42. The molecule has 0 aliphatic rings. The molecule has 2 rings (SSSR count). The number of ketones is 1. The van der Waals surface area contributed by atoms with E-state index in [0.717, 1.165) is 0 Å². The van der Waals surface area contributed by atoms with Crippen LogP contribution in [0.1, 0.15) is 38.1 Å². The average molecular weight is 424 g/mol. The van der Waals surface area contributed by atoms with Crippen molar-refractivity contribution in [3.05, 3.63) is 77.5 Å². The molecule has 0 N–H and O–H groups in total. The molecular formula is C25H33NO3Si. The van der Waals surface area contributed by atoms with E-state index in [1.165, 1.54) is 15.3 Å². The van der Waals surface area contributed by atoms with E-state index in [1.807, 2.05) is 64.1 Å². The van der Waals surface area contributed by atoms with Gasteiger partial charge < -0.3 is 4.74 Å². The summed E-state index contributed by atoms with van der Waals surface area (Å²) in [6.45, 7) is 12.4. The Morgan fingerprint density at radius 2 is 1.47 bits per heavy atom. The van der Waals surface area contributed by atoms with Crippen molar-refractivity contribution in [3.8, 4) is 0 Å². The van der Waals surface area contributed by atoms with E-state index >= 15 is 0 Å². The Balaban J connectivity index is 2.31. The fourth-order valence-corrected chi connectivity index (χ4v) is 6.00. The summed E-state index contributed by atoms with van der Waals surface area (Å²) >= 11 is 0. The van der Waals surface area contributed by atoms with Crippen LogP contribution < -0.4 is 5.19 Å². The zero-order valence-electron chi connectivity index (χ0n) is 18.9. The summed E-state index contributed by atoms with van der Waals surface area (Å²) in [6, 6.07) is 19.4. The SMILES string of the molecule is C/C=C(/CN(CC(=O)c1ccccc1)C(=O)OC(C)(C)C)[Si](C)(C)c1ccccc1. The highest BCUT2D eigenvalue weighted by Crippen LogP contribution is 2.19. The van der Waals surface area contributed by atoms with Crippen LogP contribution in [0.2, 0.25) is 13.1 Å². The van der Waals surface area contributed by atoms with Gasteiger partial charge in [0.15, 0.2) is 5.78 Å². The van der Waals surface area contributed by atoms with Gasteiger partial charge in [-0.05, 0) is 27.7 Å². The van der Waals surface area contributed by atoms with Gasteiger partial charge in [-0.2, -0.15) is 0 Å². The summed E-state index contributed by atoms with van der Waals surface area (Å²) < 4.78 is 5.62. The van der Waals surface area contributed by atoms with Crippen LogP contribution in [-0.2, 0) is 4.74 Å². The van der Waals surface area contributed by atoms with Crippen molar-refractivity contribution in [2.45, 2.75) is 46.4 Å². The maximum absolute atomic E-state index is 13.0. The number of Topliss-reactive ketones (excluding diaryl/α,β-unsaturated/α-hetero) is 1. The summed E-state index contributed by atoms with van der Waals surface area (Å²) in [6.07, 6.45) is 1.62. The molecule has 0 heterocycles. The predicted molar refractivity (Wildman–Crippen MR) is 126 cm³/mol. The lowest BCUT2D eigenvalue weighted by Gasteiger charge is -2.32. The van der Waals surface area contributed by atoms with Gasteiger partial charge in [0.1, 0.15) is 13.7 Å². The van der Waals surface area contributed by atoms with Crippen molar-refractivity contribution in [2.75, 3.05) is 13.1 Å². The largest absolute Gasteiger partial charge is 0.444 e. The second-order valence-corrected chi connectivity index (χ2v) is 13.4. The summed E-state index contributed by atoms with van der Waals surface area (Å²) in [4.78, 5) is 27.4. The zero-order chi connectivity index (χ0) is 22.4. The standard InChI is InChI=1S/C25H33NO3Si/c1-7-21(30(5,6)22-16-12-9-13-17-22)18-26(24(28)29-25(2,3)4)19-23(27)20-14-10-8-11-15-20/h7-17H,18-19H2,1-6H3/b21-7-. The maximum Gasteiger partial charge on any atom is 0.410 e. The highest BCUT2D eigenvalue weighted by Gasteiger charge is 2.32. The zero-order valence-corrected chi connectivity index (χ0v) is 19.9. The predicted octanol–water partition coefficient (Wildman–Crippen LogP) is 5.21. The van der Waals surface area contributed by atoms with Gasteiger partial charge >= 0.3 is 6.09 Å². The maximum atomic E-state index is 13.0. The number of ether oxygens (including phenoxy) is 1. The van der Waals surface area contributed by atoms with E-state index in [9.17, 15) is 9.59 Å². The van der Waals surface area contributed by atoms with Crippen LogP contribution in [0.25, 0.3) is 0 Å². The third-order valence-electron chi connectivity index (χ3n) is 5.09. The molecule has 0 radical (unpaired) electrons. The molecule has 160 valence electrons. The fraction of sp³-hybridized carbons (Fsp3) is 0.360. The Kier molecular flexibility index (Phi) is 7.79. The van der Waals surface area contributed by atoms with Gasteiger partial charge in [0, 0.05) is 12.1 Å². The Hall–Kier alpha value is -2.66. The molecule has 0 bridgehead atoms. The molecule has 0 aliphatic carbocycles. The molecule has 0 aromatic heterocycles. The Bertz CT molecular complexity index is 884. The molecule has 0 fully saturated rings. The molecular weight excluding hydrogens is 390 g/mol. The molecule has 1 amide bonds. The van der Waals surface area contributed by atoms with Crippen molar-refractivity contribution in [3.63, 3.8) is 0 Å². The molecule has 0 saturated heterocycles. The Morgan fingerprint density at radius 3 is 1.97 bits per heavy atom. The molecule has 5 heteroatoms. The fourth-order valence-electron chi connectivity index (χ4n) is 3.30. The molecule has 2 aromatic carbocycles. The van der Waals surface area contributed by atoms with E-state index in [1.54, 1.807) is 12.1 Å². The van der Waals surface area contributed by atoms with Crippen LogP contribution in [-0.4, -0.2) is 43.5 Å². The van der Waals surface area contributed by atoms with Gasteiger partial charge in [-0.3, -0.25) is 9.69 Å². The second kappa shape index (κ2) is 9.89. The third-order valence-corrected chi connectivity index (χ3v) is 8.92. The molecule has 0 saturated carbocycles. The average Bonchev–Trinajstić information content (AvgIpc) is 2.70. The highest BCUT2D eigenvalue weighted by atomic mass is 28.3. The number of hydrogen-bond acceptors (Lipinski definition) is 3. The first-order chi connectivity index (χ1) is 14.0. The summed E-state index contributed by atoms with van der Waals surface area (Å²) in [5, 5.41) is 2.47. The monoisotopic (exact) mass is 423 g/mol. The minimum absolute atomic E-state index is 0.0183. The lowest BCUT2D eigenvalue weighted by molar-refractivity contribution is 0.0266. The lowest BCUT2D eigenvalue weighted by Crippen LogP contribution is -2.49. The number of carbonyl (C=O) groups excluding carboxylic acids is 2. The number of amides is 1. The van der Waals surface area contributed by atoms with Gasteiger partial charge in [0.2, 0.25) is 0 Å². The van der Waals surface area contributed by atoms with Crippen LogP contribution in [0.3, 0.4) is 0 Å².